The molecule has 1 aliphatic rings. The number of rotatable bonds is 5. The van der Waals surface area contributed by atoms with Crippen molar-refractivity contribution in [2.24, 2.45) is 5.73 Å². The van der Waals surface area contributed by atoms with Crippen molar-refractivity contribution in [1.82, 2.24) is 0 Å². The summed E-state index contributed by atoms with van der Waals surface area (Å²) >= 11 is 6.11. The van der Waals surface area contributed by atoms with Gasteiger partial charge in [-0.2, -0.15) is 0 Å². The Kier molecular flexibility index (Phi) is 4.49. The average Bonchev–Trinajstić information content (AvgIpc) is 2.33. The van der Waals surface area contributed by atoms with Crippen molar-refractivity contribution in [2.75, 3.05) is 6.61 Å². The van der Waals surface area contributed by atoms with E-state index in [1.54, 1.807) is 0 Å². The van der Waals surface area contributed by atoms with Gasteiger partial charge in [0, 0.05) is 19.1 Å². The minimum Gasteiger partial charge on any atom is -0.486 e. The standard InChI is InChI=1S/C14H20ClNO2/c1-3-6-17-14-11(16)8-13(14)18-12-7-9(2)4-5-10(12)15/h4-5,7,11,13-14H,3,6,8,16H2,1-2H3. The van der Waals surface area contributed by atoms with Crippen LogP contribution in [0.4, 0.5) is 0 Å². The van der Waals surface area contributed by atoms with Crippen LogP contribution in [0, 0.1) is 6.92 Å². The van der Waals surface area contributed by atoms with E-state index in [4.69, 9.17) is 26.8 Å². The molecule has 3 unspecified atom stereocenters. The molecule has 18 heavy (non-hydrogen) atoms. The predicted octanol–water partition coefficient (Wildman–Crippen LogP) is 2.92. The Balaban J connectivity index is 1.98. The molecule has 2 rings (SSSR count). The Bertz CT molecular complexity index is 411. The maximum atomic E-state index is 6.11. The van der Waals surface area contributed by atoms with Crippen LogP contribution in [0.25, 0.3) is 0 Å². The lowest BCUT2D eigenvalue weighted by molar-refractivity contribution is -0.0979. The zero-order chi connectivity index (χ0) is 13.1. The number of benzene rings is 1. The molecule has 1 aromatic rings. The molecule has 0 spiro atoms. The molecule has 0 aromatic heterocycles. The third-order valence-corrected chi connectivity index (χ3v) is 3.48. The minimum atomic E-state index is -0.0125. The van der Waals surface area contributed by atoms with Crippen LogP contribution in [-0.4, -0.2) is 24.9 Å². The average molecular weight is 270 g/mol. The fourth-order valence-electron chi connectivity index (χ4n) is 2.08. The third kappa shape index (κ3) is 2.97. The molecule has 0 heterocycles. The van der Waals surface area contributed by atoms with Gasteiger partial charge in [0.05, 0.1) is 5.02 Å². The van der Waals surface area contributed by atoms with Crippen molar-refractivity contribution in [3.63, 3.8) is 0 Å². The molecule has 100 valence electrons. The summed E-state index contributed by atoms with van der Waals surface area (Å²) in [6, 6.07) is 5.84. The van der Waals surface area contributed by atoms with Crippen LogP contribution >= 0.6 is 11.6 Å². The van der Waals surface area contributed by atoms with Crippen LogP contribution in [0.1, 0.15) is 25.3 Å². The van der Waals surface area contributed by atoms with E-state index in [0.29, 0.717) is 5.02 Å². The summed E-state index contributed by atoms with van der Waals surface area (Å²) < 4.78 is 11.6. The van der Waals surface area contributed by atoms with Gasteiger partial charge in [0.25, 0.3) is 0 Å². The van der Waals surface area contributed by atoms with Crippen molar-refractivity contribution in [2.45, 2.75) is 44.9 Å². The zero-order valence-corrected chi connectivity index (χ0v) is 11.6. The van der Waals surface area contributed by atoms with Gasteiger partial charge in [0.1, 0.15) is 18.0 Å². The minimum absolute atomic E-state index is 0.0125. The van der Waals surface area contributed by atoms with Crippen LogP contribution in [0.2, 0.25) is 5.02 Å². The first-order valence-corrected chi connectivity index (χ1v) is 6.79. The molecule has 0 aliphatic heterocycles. The maximum Gasteiger partial charge on any atom is 0.138 e. The van der Waals surface area contributed by atoms with Gasteiger partial charge in [0.15, 0.2) is 0 Å². The molecule has 0 radical (unpaired) electrons. The second kappa shape index (κ2) is 5.91. The van der Waals surface area contributed by atoms with Crippen LogP contribution in [0.5, 0.6) is 5.75 Å². The molecule has 0 amide bonds. The summed E-state index contributed by atoms with van der Waals surface area (Å²) in [4.78, 5) is 0. The third-order valence-electron chi connectivity index (χ3n) is 3.17. The van der Waals surface area contributed by atoms with Crippen LogP contribution < -0.4 is 10.5 Å². The van der Waals surface area contributed by atoms with E-state index in [1.165, 1.54) is 0 Å². The lowest BCUT2D eigenvalue weighted by atomic mass is 9.86. The Hall–Kier alpha value is -0.770. The number of hydrogen-bond acceptors (Lipinski definition) is 3. The monoisotopic (exact) mass is 269 g/mol. The highest BCUT2D eigenvalue weighted by Gasteiger charge is 2.41. The van der Waals surface area contributed by atoms with Crippen LogP contribution in [0.15, 0.2) is 18.2 Å². The summed E-state index contributed by atoms with van der Waals surface area (Å²) in [6.45, 7) is 4.82. The molecule has 3 atom stereocenters. The highest BCUT2D eigenvalue weighted by Crippen LogP contribution is 2.32. The van der Waals surface area contributed by atoms with Gasteiger partial charge < -0.3 is 15.2 Å². The fourth-order valence-corrected chi connectivity index (χ4v) is 2.24. The van der Waals surface area contributed by atoms with E-state index < -0.39 is 0 Å². The smallest absolute Gasteiger partial charge is 0.138 e. The van der Waals surface area contributed by atoms with Crippen molar-refractivity contribution < 1.29 is 9.47 Å². The quantitative estimate of drug-likeness (QED) is 0.894. The van der Waals surface area contributed by atoms with E-state index in [2.05, 4.69) is 6.92 Å². The summed E-state index contributed by atoms with van der Waals surface area (Å²) in [5.74, 6) is 0.721. The number of hydrogen-bond donors (Lipinski definition) is 1. The molecule has 1 aromatic carbocycles. The Morgan fingerprint density at radius 2 is 2.22 bits per heavy atom. The molecule has 4 heteroatoms. The lowest BCUT2D eigenvalue weighted by Crippen LogP contribution is -2.59. The Morgan fingerprint density at radius 1 is 1.44 bits per heavy atom. The van der Waals surface area contributed by atoms with E-state index in [9.17, 15) is 0 Å². The number of aryl methyl sites for hydroxylation is 1. The van der Waals surface area contributed by atoms with Gasteiger partial charge >= 0.3 is 0 Å². The molecule has 0 saturated heterocycles. The molecule has 2 N–H and O–H groups in total. The van der Waals surface area contributed by atoms with E-state index in [1.807, 2.05) is 25.1 Å². The first-order valence-electron chi connectivity index (χ1n) is 6.41. The molecule has 1 saturated carbocycles. The first kappa shape index (κ1) is 13.7. The Labute approximate surface area is 113 Å². The molecule has 1 fully saturated rings. The first-order chi connectivity index (χ1) is 8.61. The van der Waals surface area contributed by atoms with E-state index in [-0.39, 0.29) is 18.2 Å². The molecular formula is C14H20ClNO2. The molecule has 1 aliphatic carbocycles. The van der Waals surface area contributed by atoms with Crippen molar-refractivity contribution in [3.8, 4) is 5.75 Å². The Morgan fingerprint density at radius 3 is 2.89 bits per heavy atom. The predicted molar refractivity (Wildman–Crippen MR) is 73.2 cm³/mol. The summed E-state index contributed by atoms with van der Waals surface area (Å²) in [6.07, 6.45) is 1.81. The number of halogens is 1. The SMILES string of the molecule is CCCOC1C(N)CC1Oc1cc(C)ccc1Cl. The van der Waals surface area contributed by atoms with Gasteiger partial charge in [0.2, 0.25) is 0 Å². The number of nitrogens with two attached hydrogens (primary N) is 1. The van der Waals surface area contributed by atoms with Crippen LogP contribution in [0.3, 0.4) is 0 Å². The van der Waals surface area contributed by atoms with Crippen LogP contribution in [-0.2, 0) is 4.74 Å². The van der Waals surface area contributed by atoms with Crippen molar-refractivity contribution in [1.29, 1.82) is 0 Å². The van der Waals surface area contributed by atoms with Gasteiger partial charge in [-0.05, 0) is 31.0 Å². The number of ether oxygens (including phenoxy) is 2. The highest BCUT2D eigenvalue weighted by atomic mass is 35.5. The van der Waals surface area contributed by atoms with E-state index in [0.717, 1.165) is 30.8 Å². The fraction of sp³-hybridized carbons (Fsp3) is 0.571. The second-order valence-electron chi connectivity index (χ2n) is 4.83. The largest absolute Gasteiger partial charge is 0.486 e. The van der Waals surface area contributed by atoms with Crippen molar-refractivity contribution >= 4 is 11.6 Å². The van der Waals surface area contributed by atoms with E-state index >= 15 is 0 Å². The maximum absolute atomic E-state index is 6.11. The molecule has 3 nitrogen and oxygen atoms in total. The summed E-state index contributed by atoms with van der Waals surface area (Å²) in [7, 11) is 0. The molecule has 0 bridgehead atoms. The normalized spacial score (nSPS) is 26.8. The summed E-state index contributed by atoms with van der Waals surface area (Å²) in [5.41, 5.74) is 7.07. The van der Waals surface area contributed by atoms with Gasteiger partial charge in [-0.3, -0.25) is 0 Å². The van der Waals surface area contributed by atoms with Crippen molar-refractivity contribution in [3.05, 3.63) is 28.8 Å². The van der Waals surface area contributed by atoms with Gasteiger partial charge in [-0.15, -0.1) is 0 Å². The highest BCUT2D eigenvalue weighted by molar-refractivity contribution is 6.32. The van der Waals surface area contributed by atoms with Gasteiger partial charge in [-0.1, -0.05) is 24.6 Å². The lowest BCUT2D eigenvalue weighted by Gasteiger charge is -2.41. The van der Waals surface area contributed by atoms with Gasteiger partial charge in [-0.25, -0.2) is 0 Å². The zero-order valence-electron chi connectivity index (χ0n) is 10.9. The topological polar surface area (TPSA) is 44.5 Å². The second-order valence-corrected chi connectivity index (χ2v) is 5.23. The summed E-state index contributed by atoms with van der Waals surface area (Å²) in [5, 5.41) is 0.635. The molecular weight excluding hydrogens is 250 g/mol.